The molecule has 2 aliphatic rings. The van der Waals surface area contributed by atoms with Crippen molar-refractivity contribution in [1.82, 2.24) is 20.0 Å². The summed E-state index contributed by atoms with van der Waals surface area (Å²) in [6.07, 6.45) is 6.82. The molecule has 1 N–H and O–H groups in total. The Bertz CT molecular complexity index is 1150. The lowest BCUT2D eigenvalue weighted by molar-refractivity contribution is -0.134. The number of nitrogens with zero attached hydrogens (tertiary/aromatic N) is 3. The van der Waals surface area contributed by atoms with E-state index in [4.69, 9.17) is 4.42 Å². The normalized spacial score (nSPS) is 21.2. The highest BCUT2D eigenvalue weighted by molar-refractivity contribution is 6.00. The van der Waals surface area contributed by atoms with E-state index in [-0.39, 0.29) is 36.8 Å². The minimum atomic E-state index is -1.15. The number of nitrogens with one attached hydrogen (secondary N) is 1. The minimum absolute atomic E-state index is 0.114. The Hall–Kier alpha value is -3.42. The van der Waals surface area contributed by atoms with Crippen LogP contribution in [-0.2, 0) is 17.9 Å². The number of halogens is 1. The molecule has 1 aliphatic carbocycles. The highest BCUT2D eigenvalue weighted by Gasteiger charge is 2.48. The third-order valence-electron chi connectivity index (χ3n) is 6.75. The molecular weight excluding hydrogens is 423 g/mol. The van der Waals surface area contributed by atoms with E-state index < -0.39 is 5.54 Å². The van der Waals surface area contributed by atoms with Crippen LogP contribution in [0.15, 0.2) is 53.1 Å². The van der Waals surface area contributed by atoms with Crippen LogP contribution in [0.5, 0.6) is 0 Å². The van der Waals surface area contributed by atoms with Gasteiger partial charge in [-0.2, -0.15) is 5.10 Å². The van der Waals surface area contributed by atoms with Crippen molar-refractivity contribution in [3.8, 4) is 11.5 Å². The van der Waals surface area contributed by atoms with Crippen molar-refractivity contribution in [2.45, 2.75) is 63.7 Å². The molecule has 33 heavy (non-hydrogen) atoms. The van der Waals surface area contributed by atoms with E-state index in [0.29, 0.717) is 17.1 Å². The fourth-order valence-electron chi connectivity index (χ4n) is 4.79. The third kappa shape index (κ3) is 4.05. The molecule has 0 unspecified atom stereocenters. The monoisotopic (exact) mass is 450 g/mol. The summed E-state index contributed by atoms with van der Waals surface area (Å²) >= 11 is 0. The highest BCUT2D eigenvalue weighted by Crippen LogP contribution is 2.32. The standard InChI is InChI=1S/C25H27FN4O3/c1-25(24(32)27-19-6-3-2-4-7-19)16-30-21(14-20(28-30)22-8-5-13-33-22)23(31)29(25)15-17-9-11-18(26)12-10-17/h5,8-14,19H,2-4,6-7,15-16H2,1H3,(H,27,32)/t25-/m0/s1. The molecule has 3 heterocycles. The number of amides is 2. The number of rotatable bonds is 5. The predicted octanol–water partition coefficient (Wildman–Crippen LogP) is 4.15. The van der Waals surface area contributed by atoms with Crippen molar-refractivity contribution in [1.29, 1.82) is 0 Å². The van der Waals surface area contributed by atoms with E-state index in [1.54, 1.807) is 53.1 Å². The molecule has 0 bridgehead atoms. The Morgan fingerprint density at radius 3 is 2.67 bits per heavy atom. The lowest BCUT2D eigenvalue weighted by Gasteiger charge is -2.44. The van der Waals surface area contributed by atoms with Crippen molar-refractivity contribution in [2.24, 2.45) is 0 Å². The van der Waals surface area contributed by atoms with E-state index in [2.05, 4.69) is 10.4 Å². The van der Waals surface area contributed by atoms with Gasteiger partial charge < -0.3 is 14.6 Å². The molecule has 7 nitrogen and oxygen atoms in total. The molecule has 1 aromatic carbocycles. The molecule has 1 fully saturated rings. The van der Waals surface area contributed by atoms with Gasteiger partial charge in [-0.25, -0.2) is 4.39 Å². The number of benzene rings is 1. The third-order valence-corrected chi connectivity index (χ3v) is 6.75. The summed E-state index contributed by atoms with van der Waals surface area (Å²) in [6, 6.07) is 11.4. The van der Waals surface area contributed by atoms with Crippen LogP contribution in [0.3, 0.4) is 0 Å². The second-order valence-corrected chi connectivity index (χ2v) is 9.15. The molecule has 2 amide bonds. The number of carbonyl (C=O) groups excluding carboxylic acids is 2. The second-order valence-electron chi connectivity index (χ2n) is 9.15. The van der Waals surface area contributed by atoms with Crippen LogP contribution >= 0.6 is 0 Å². The van der Waals surface area contributed by atoms with Crippen LogP contribution in [0.1, 0.15) is 55.1 Å². The summed E-state index contributed by atoms with van der Waals surface area (Å²) in [7, 11) is 0. The summed E-state index contributed by atoms with van der Waals surface area (Å²) in [5.74, 6) is -0.270. The molecule has 172 valence electrons. The van der Waals surface area contributed by atoms with Gasteiger partial charge in [-0.3, -0.25) is 14.3 Å². The van der Waals surface area contributed by atoms with Crippen LogP contribution in [0.4, 0.5) is 4.39 Å². The first-order chi connectivity index (χ1) is 15.9. The van der Waals surface area contributed by atoms with Gasteiger partial charge >= 0.3 is 0 Å². The van der Waals surface area contributed by atoms with Gasteiger partial charge in [0, 0.05) is 18.7 Å². The van der Waals surface area contributed by atoms with Gasteiger partial charge in [0.15, 0.2) is 5.76 Å². The summed E-state index contributed by atoms with van der Waals surface area (Å²) < 4.78 is 20.5. The fourth-order valence-corrected chi connectivity index (χ4v) is 4.79. The molecule has 1 atom stereocenters. The molecule has 0 radical (unpaired) electrons. The Balaban J connectivity index is 1.50. The van der Waals surface area contributed by atoms with E-state index in [1.165, 1.54) is 18.6 Å². The first-order valence-electron chi connectivity index (χ1n) is 11.4. The van der Waals surface area contributed by atoms with Crippen LogP contribution in [-0.4, -0.2) is 38.1 Å². The Morgan fingerprint density at radius 1 is 1.21 bits per heavy atom. The van der Waals surface area contributed by atoms with Crippen molar-refractivity contribution in [3.05, 3.63) is 65.8 Å². The molecule has 8 heteroatoms. The lowest BCUT2D eigenvalue weighted by atomic mass is 9.91. The number of hydrogen-bond donors (Lipinski definition) is 1. The Labute approximate surface area is 191 Å². The van der Waals surface area contributed by atoms with Gasteiger partial charge in [-0.15, -0.1) is 0 Å². The summed E-state index contributed by atoms with van der Waals surface area (Å²) in [6.45, 7) is 2.19. The molecule has 2 aromatic heterocycles. The zero-order valence-corrected chi connectivity index (χ0v) is 18.6. The number of hydrogen-bond acceptors (Lipinski definition) is 4. The van der Waals surface area contributed by atoms with Crippen molar-refractivity contribution in [2.75, 3.05) is 0 Å². The van der Waals surface area contributed by atoms with Crippen LogP contribution in [0.2, 0.25) is 0 Å². The summed E-state index contributed by atoms with van der Waals surface area (Å²) in [5.41, 5.74) is 0.539. The van der Waals surface area contributed by atoms with Gasteiger partial charge in [0.25, 0.3) is 5.91 Å². The fraction of sp³-hybridized carbons (Fsp3) is 0.400. The first-order valence-corrected chi connectivity index (χ1v) is 11.4. The van der Waals surface area contributed by atoms with Crippen LogP contribution in [0.25, 0.3) is 11.5 Å². The van der Waals surface area contributed by atoms with Crippen molar-refractivity contribution in [3.63, 3.8) is 0 Å². The summed E-state index contributed by atoms with van der Waals surface area (Å²) in [5, 5.41) is 7.75. The van der Waals surface area contributed by atoms with Crippen LogP contribution < -0.4 is 5.32 Å². The summed E-state index contributed by atoms with van der Waals surface area (Å²) in [4.78, 5) is 28.9. The maximum atomic E-state index is 13.7. The van der Waals surface area contributed by atoms with E-state index >= 15 is 0 Å². The largest absolute Gasteiger partial charge is 0.463 e. The van der Waals surface area contributed by atoms with Crippen LogP contribution in [0, 0.1) is 5.82 Å². The molecule has 0 spiro atoms. The zero-order chi connectivity index (χ0) is 23.0. The number of furan rings is 1. The average Bonchev–Trinajstić information content (AvgIpc) is 3.48. The highest BCUT2D eigenvalue weighted by atomic mass is 19.1. The molecule has 0 saturated heterocycles. The lowest BCUT2D eigenvalue weighted by Crippen LogP contribution is -2.64. The SMILES string of the molecule is C[C@@]1(C(=O)NC2CCCCC2)Cn2nc(-c3ccco3)cc2C(=O)N1Cc1ccc(F)cc1. The maximum Gasteiger partial charge on any atom is 0.273 e. The van der Waals surface area contributed by atoms with E-state index in [1.807, 2.05) is 0 Å². The average molecular weight is 451 g/mol. The topological polar surface area (TPSA) is 80.4 Å². The number of carbonyl (C=O) groups is 2. The van der Waals surface area contributed by atoms with Crippen molar-refractivity contribution < 1.29 is 18.4 Å². The molecule has 1 saturated carbocycles. The Kier molecular flexibility index (Phi) is 5.52. The van der Waals surface area contributed by atoms with E-state index in [9.17, 15) is 14.0 Å². The molecule has 1 aliphatic heterocycles. The molecule has 5 rings (SSSR count). The molecule has 3 aromatic rings. The Morgan fingerprint density at radius 2 is 1.97 bits per heavy atom. The quantitative estimate of drug-likeness (QED) is 0.633. The van der Waals surface area contributed by atoms with E-state index in [0.717, 1.165) is 31.2 Å². The first kappa shape index (κ1) is 21.4. The number of aromatic nitrogens is 2. The number of fused-ring (bicyclic) bond motifs is 1. The smallest absolute Gasteiger partial charge is 0.273 e. The van der Waals surface area contributed by atoms with Gasteiger partial charge in [0.1, 0.15) is 22.7 Å². The molecular formula is C25H27FN4O3. The van der Waals surface area contributed by atoms with Gasteiger partial charge in [0.05, 0.1) is 12.8 Å². The van der Waals surface area contributed by atoms with Crippen molar-refractivity contribution >= 4 is 11.8 Å². The van der Waals surface area contributed by atoms with Gasteiger partial charge in [-0.1, -0.05) is 31.4 Å². The zero-order valence-electron chi connectivity index (χ0n) is 18.6. The maximum absolute atomic E-state index is 13.7. The van der Waals surface area contributed by atoms with Gasteiger partial charge in [-0.05, 0) is 49.6 Å². The van der Waals surface area contributed by atoms with Gasteiger partial charge in [0.2, 0.25) is 5.91 Å². The second kappa shape index (κ2) is 8.50. The minimum Gasteiger partial charge on any atom is -0.463 e. The predicted molar refractivity (Wildman–Crippen MR) is 120 cm³/mol.